The van der Waals surface area contributed by atoms with Gasteiger partial charge in [0.15, 0.2) is 6.10 Å². The molecule has 2 atom stereocenters. The van der Waals surface area contributed by atoms with E-state index in [2.05, 4.69) is 102 Å². The zero-order valence-corrected chi connectivity index (χ0v) is 25.9. The lowest BCUT2D eigenvalue weighted by Gasteiger charge is -2.28. The highest BCUT2D eigenvalue weighted by Crippen LogP contribution is 2.37. The average Bonchev–Trinajstić information content (AvgIpc) is 2.89. The number of ether oxygens (including phenoxy) is 2. The second-order valence-corrected chi connectivity index (χ2v) is 13.0. The van der Waals surface area contributed by atoms with E-state index in [9.17, 15) is 14.7 Å². The number of amides is 1. The van der Waals surface area contributed by atoms with E-state index in [1.807, 2.05) is 12.1 Å². The fraction of sp³-hybridized carbons (Fsp3) is 0.429. The third kappa shape index (κ3) is 8.67. The molecular formula is C35H45NO5. The molecule has 6 nitrogen and oxygen atoms in total. The Balaban J connectivity index is 1.82. The van der Waals surface area contributed by atoms with Crippen LogP contribution in [0.1, 0.15) is 86.7 Å². The molecular weight excluding hydrogens is 514 g/mol. The van der Waals surface area contributed by atoms with Crippen LogP contribution in [0.4, 0.5) is 0 Å². The Morgan fingerprint density at radius 1 is 0.878 bits per heavy atom. The average molecular weight is 560 g/mol. The Labute approximate surface area is 245 Å². The van der Waals surface area contributed by atoms with Gasteiger partial charge in [-0.05, 0) is 88.7 Å². The number of rotatable bonds is 9. The molecule has 0 aromatic heterocycles. The van der Waals surface area contributed by atoms with Crippen molar-refractivity contribution in [3.63, 3.8) is 0 Å². The van der Waals surface area contributed by atoms with Crippen LogP contribution in [-0.2, 0) is 14.9 Å². The van der Waals surface area contributed by atoms with E-state index in [0.29, 0.717) is 5.56 Å². The van der Waals surface area contributed by atoms with Gasteiger partial charge in [-0.2, -0.15) is 0 Å². The standard InChI is InChI=1S/C35H45NO5/c1-22-18-28(19-23(2)31(22)25-14-16-27(17-15-25)35(6,7)8)41-30(20-34(3,4)5)24-10-12-26(13-11-24)32(38)36-21-29(37)33(39)40-9/h10-19,29-30,37H,20-21H2,1-9H3,(H,36,38). The van der Waals surface area contributed by atoms with E-state index in [0.717, 1.165) is 28.9 Å². The summed E-state index contributed by atoms with van der Waals surface area (Å²) in [6.45, 7) is 17.2. The predicted molar refractivity (Wildman–Crippen MR) is 164 cm³/mol. The van der Waals surface area contributed by atoms with Crippen molar-refractivity contribution < 1.29 is 24.2 Å². The van der Waals surface area contributed by atoms with Crippen molar-refractivity contribution in [3.8, 4) is 16.9 Å². The van der Waals surface area contributed by atoms with Crippen molar-refractivity contribution in [1.82, 2.24) is 5.32 Å². The molecule has 2 N–H and O–H groups in total. The zero-order valence-electron chi connectivity index (χ0n) is 25.9. The Morgan fingerprint density at radius 2 is 1.44 bits per heavy atom. The molecule has 0 bridgehead atoms. The first-order valence-corrected chi connectivity index (χ1v) is 14.1. The molecule has 0 spiro atoms. The van der Waals surface area contributed by atoms with Gasteiger partial charge in [0.05, 0.1) is 13.7 Å². The van der Waals surface area contributed by atoms with Gasteiger partial charge in [0.2, 0.25) is 0 Å². The third-order valence-corrected chi connectivity index (χ3v) is 7.10. The van der Waals surface area contributed by atoms with Crippen LogP contribution >= 0.6 is 0 Å². The summed E-state index contributed by atoms with van der Waals surface area (Å²) in [5, 5.41) is 12.3. The van der Waals surface area contributed by atoms with Gasteiger partial charge in [0, 0.05) is 5.56 Å². The van der Waals surface area contributed by atoms with E-state index in [4.69, 9.17) is 4.74 Å². The number of benzene rings is 3. The van der Waals surface area contributed by atoms with Crippen LogP contribution in [0.5, 0.6) is 5.75 Å². The summed E-state index contributed by atoms with van der Waals surface area (Å²) in [7, 11) is 1.19. The zero-order chi connectivity index (χ0) is 30.5. The maximum absolute atomic E-state index is 12.5. The van der Waals surface area contributed by atoms with Crippen LogP contribution in [0.25, 0.3) is 11.1 Å². The number of hydrogen-bond acceptors (Lipinski definition) is 5. The molecule has 0 aliphatic rings. The minimum absolute atomic E-state index is 0.00354. The fourth-order valence-corrected chi connectivity index (χ4v) is 4.89. The SMILES string of the molecule is COC(=O)C(O)CNC(=O)c1ccc(C(CC(C)(C)C)Oc2cc(C)c(-c3ccc(C(C)(C)C)cc3)c(C)c2)cc1. The van der Waals surface area contributed by atoms with Crippen molar-refractivity contribution in [3.05, 3.63) is 88.5 Å². The number of esters is 1. The number of aliphatic hydroxyl groups is 1. The Hall–Kier alpha value is -3.64. The molecule has 3 aromatic carbocycles. The molecule has 6 heteroatoms. The van der Waals surface area contributed by atoms with E-state index in [1.54, 1.807) is 12.1 Å². The summed E-state index contributed by atoms with van der Waals surface area (Å²) in [5.41, 5.74) is 7.52. The normalized spacial score (nSPS) is 13.3. The summed E-state index contributed by atoms with van der Waals surface area (Å²) < 4.78 is 11.1. The molecule has 0 aliphatic heterocycles. The van der Waals surface area contributed by atoms with Crippen LogP contribution in [0.3, 0.4) is 0 Å². The van der Waals surface area contributed by atoms with Crippen LogP contribution in [0.2, 0.25) is 0 Å². The third-order valence-electron chi connectivity index (χ3n) is 7.10. The number of hydrogen-bond donors (Lipinski definition) is 2. The summed E-state index contributed by atoms with van der Waals surface area (Å²) >= 11 is 0. The minimum atomic E-state index is -1.41. The molecule has 220 valence electrons. The van der Waals surface area contributed by atoms with Crippen LogP contribution in [-0.4, -0.2) is 36.7 Å². The minimum Gasteiger partial charge on any atom is -0.486 e. The van der Waals surface area contributed by atoms with Gasteiger partial charge in [-0.25, -0.2) is 4.79 Å². The molecule has 2 unspecified atom stereocenters. The lowest BCUT2D eigenvalue weighted by atomic mass is 9.85. The predicted octanol–water partition coefficient (Wildman–Crippen LogP) is 7.09. The lowest BCUT2D eigenvalue weighted by Crippen LogP contribution is -2.37. The smallest absolute Gasteiger partial charge is 0.336 e. The van der Waals surface area contributed by atoms with Gasteiger partial charge >= 0.3 is 5.97 Å². The van der Waals surface area contributed by atoms with Crippen molar-refractivity contribution in [1.29, 1.82) is 0 Å². The van der Waals surface area contributed by atoms with Crippen LogP contribution < -0.4 is 10.1 Å². The molecule has 0 radical (unpaired) electrons. The first kappa shape index (κ1) is 31.9. The van der Waals surface area contributed by atoms with Gasteiger partial charge in [0.1, 0.15) is 11.9 Å². The van der Waals surface area contributed by atoms with Gasteiger partial charge in [-0.15, -0.1) is 0 Å². The van der Waals surface area contributed by atoms with Gasteiger partial charge in [0.25, 0.3) is 5.91 Å². The van der Waals surface area contributed by atoms with Crippen molar-refractivity contribution in [2.45, 2.75) is 79.4 Å². The fourth-order valence-electron chi connectivity index (χ4n) is 4.89. The van der Waals surface area contributed by atoms with E-state index < -0.39 is 12.1 Å². The number of nitrogens with one attached hydrogen (secondary N) is 1. The van der Waals surface area contributed by atoms with Crippen molar-refractivity contribution in [2.24, 2.45) is 5.41 Å². The van der Waals surface area contributed by atoms with Gasteiger partial charge in [-0.1, -0.05) is 77.9 Å². The van der Waals surface area contributed by atoms with E-state index in [1.165, 1.54) is 23.8 Å². The largest absolute Gasteiger partial charge is 0.486 e. The number of methoxy groups -OCH3 is 1. The quantitative estimate of drug-likeness (QED) is 0.274. The number of carbonyl (C=O) groups is 2. The van der Waals surface area contributed by atoms with E-state index in [-0.39, 0.29) is 29.4 Å². The maximum Gasteiger partial charge on any atom is 0.336 e. The van der Waals surface area contributed by atoms with Crippen LogP contribution in [0, 0.1) is 19.3 Å². The summed E-state index contributed by atoms with van der Waals surface area (Å²) in [4.78, 5) is 23.9. The number of aryl methyl sites for hydroxylation is 2. The van der Waals surface area contributed by atoms with Gasteiger partial charge < -0.3 is 19.9 Å². The van der Waals surface area contributed by atoms with Crippen molar-refractivity contribution >= 4 is 11.9 Å². The Morgan fingerprint density at radius 3 is 1.93 bits per heavy atom. The summed E-state index contributed by atoms with van der Waals surface area (Å²) in [6, 6.07) is 20.3. The number of carbonyl (C=O) groups excluding carboxylic acids is 2. The van der Waals surface area contributed by atoms with E-state index >= 15 is 0 Å². The molecule has 3 rings (SSSR count). The topological polar surface area (TPSA) is 84.9 Å². The first-order valence-electron chi connectivity index (χ1n) is 14.1. The molecule has 0 fully saturated rings. The van der Waals surface area contributed by atoms with Crippen LogP contribution in [0.15, 0.2) is 60.7 Å². The molecule has 1 amide bonds. The highest BCUT2D eigenvalue weighted by Gasteiger charge is 2.24. The Bertz CT molecular complexity index is 1320. The molecule has 41 heavy (non-hydrogen) atoms. The highest BCUT2D eigenvalue weighted by atomic mass is 16.5. The summed E-state index contributed by atoms with van der Waals surface area (Å²) in [5.74, 6) is -0.368. The first-order chi connectivity index (χ1) is 19.1. The molecule has 0 aliphatic carbocycles. The van der Waals surface area contributed by atoms with Crippen molar-refractivity contribution in [2.75, 3.05) is 13.7 Å². The lowest BCUT2D eigenvalue weighted by molar-refractivity contribution is -0.149. The monoisotopic (exact) mass is 559 g/mol. The molecule has 3 aromatic rings. The molecule has 0 saturated heterocycles. The number of aliphatic hydroxyl groups excluding tert-OH is 1. The molecule has 0 saturated carbocycles. The summed E-state index contributed by atoms with van der Waals surface area (Å²) in [6.07, 6.45) is -0.851. The second kappa shape index (κ2) is 12.9. The maximum atomic E-state index is 12.5. The molecule has 0 heterocycles. The van der Waals surface area contributed by atoms with Gasteiger partial charge in [-0.3, -0.25) is 4.79 Å². The highest BCUT2D eigenvalue weighted by molar-refractivity contribution is 5.94. The Kier molecular flexibility index (Phi) is 10.0. The second-order valence-electron chi connectivity index (χ2n) is 13.0.